The molecule has 8 heteroatoms. The Morgan fingerprint density at radius 2 is 1.83 bits per heavy atom. The first-order valence-corrected chi connectivity index (χ1v) is 9.55. The van der Waals surface area contributed by atoms with Gasteiger partial charge in [-0.25, -0.2) is 13.6 Å². The van der Waals surface area contributed by atoms with E-state index in [1.54, 1.807) is 19.2 Å². The molecule has 0 aliphatic carbocycles. The topological polar surface area (TPSA) is 90.6 Å². The van der Waals surface area contributed by atoms with Crippen molar-refractivity contribution in [3.63, 3.8) is 0 Å². The highest BCUT2D eigenvalue weighted by atomic mass is 79.9. The zero-order valence-corrected chi connectivity index (χ0v) is 15.8. The Kier molecular flexibility index (Phi) is 6.09. The first kappa shape index (κ1) is 18.6. The first-order chi connectivity index (χ1) is 11.3. The van der Waals surface area contributed by atoms with E-state index in [4.69, 9.17) is 14.6 Å². The van der Waals surface area contributed by atoms with E-state index >= 15 is 0 Å². The van der Waals surface area contributed by atoms with Crippen molar-refractivity contribution in [3.05, 3.63) is 46.4 Å². The molecule has 0 heterocycles. The maximum Gasteiger partial charge on any atom is 0.238 e. The van der Waals surface area contributed by atoms with Crippen molar-refractivity contribution in [2.24, 2.45) is 5.14 Å². The predicted molar refractivity (Wildman–Crippen MR) is 97.0 cm³/mol. The maximum absolute atomic E-state index is 11.2. The molecule has 0 unspecified atom stereocenters. The van der Waals surface area contributed by atoms with Crippen LogP contribution in [-0.2, 0) is 16.6 Å². The number of nitrogens with one attached hydrogen (secondary N) is 1. The second kappa shape index (κ2) is 7.87. The van der Waals surface area contributed by atoms with Crippen LogP contribution < -0.4 is 19.9 Å². The van der Waals surface area contributed by atoms with Crippen molar-refractivity contribution >= 4 is 31.6 Å². The highest BCUT2D eigenvalue weighted by molar-refractivity contribution is 9.10. The number of primary sulfonamides is 1. The third kappa shape index (κ3) is 4.62. The summed E-state index contributed by atoms with van der Waals surface area (Å²) in [7, 11) is -2.09. The molecular weight excluding hydrogens is 396 g/mol. The number of sulfonamides is 1. The quantitative estimate of drug-likeness (QED) is 0.725. The lowest BCUT2D eigenvalue weighted by molar-refractivity contribution is 0.310. The van der Waals surface area contributed by atoms with Gasteiger partial charge in [-0.1, -0.05) is 15.9 Å². The summed E-state index contributed by atoms with van der Waals surface area (Å²) in [6.45, 7) is 2.99. The van der Waals surface area contributed by atoms with E-state index < -0.39 is 10.0 Å². The van der Waals surface area contributed by atoms with E-state index in [1.807, 2.05) is 19.1 Å². The van der Waals surface area contributed by atoms with Gasteiger partial charge in [-0.3, -0.25) is 0 Å². The molecule has 2 aromatic rings. The molecule has 0 bridgehead atoms. The number of benzene rings is 2. The summed E-state index contributed by atoms with van der Waals surface area (Å²) in [5.74, 6) is 1.33. The summed E-state index contributed by atoms with van der Waals surface area (Å²) in [6, 6.07) is 10.0. The molecule has 0 spiro atoms. The predicted octanol–water partition coefficient (Wildman–Crippen LogP) is 3.12. The smallest absolute Gasteiger partial charge is 0.238 e. The fraction of sp³-hybridized carbons (Fsp3) is 0.250. The Morgan fingerprint density at radius 1 is 1.17 bits per heavy atom. The van der Waals surface area contributed by atoms with Crippen LogP contribution in [-0.4, -0.2) is 22.1 Å². The van der Waals surface area contributed by atoms with Crippen LogP contribution in [0, 0.1) is 0 Å². The van der Waals surface area contributed by atoms with Gasteiger partial charge in [-0.15, -0.1) is 0 Å². The van der Waals surface area contributed by atoms with Crippen LogP contribution in [0.4, 0.5) is 5.69 Å². The number of methoxy groups -OCH3 is 1. The summed E-state index contributed by atoms with van der Waals surface area (Å²) in [6.07, 6.45) is 0. The lowest BCUT2D eigenvalue weighted by Crippen LogP contribution is -2.12. The van der Waals surface area contributed by atoms with Crippen molar-refractivity contribution in [1.82, 2.24) is 0 Å². The number of rotatable bonds is 7. The summed E-state index contributed by atoms with van der Waals surface area (Å²) in [5.41, 5.74) is 1.76. The molecule has 0 radical (unpaired) electrons. The van der Waals surface area contributed by atoms with E-state index in [0.717, 1.165) is 15.7 Å². The van der Waals surface area contributed by atoms with Gasteiger partial charge >= 0.3 is 0 Å². The zero-order valence-electron chi connectivity index (χ0n) is 13.4. The lowest BCUT2D eigenvalue weighted by Gasteiger charge is -2.14. The van der Waals surface area contributed by atoms with Crippen LogP contribution in [0.2, 0.25) is 0 Å². The Labute approximate surface area is 150 Å². The second-order valence-corrected chi connectivity index (χ2v) is 7.37. The summed E-state index contributed by atoms with van der Waals surface area (Å²) in [5, 5.41) is 8.30. The molecule has 0 saturated carbocycles. The van der Waals surface area contributed by atoms with Gasteiger partial charge in [0.2, 0.25) is 10.0 Å². The molecule has 3 N–H and O–H groups in total. The Bertz CT molecular complexity index is 808. The highest BCUT2D eigenvalue weighted by Gasteiger charge is 2.11. The van der Waals surface area contributed by atoms with Gasteiger partial charge in [0, 0.05) is 16.7 Å². The first-order valence-electron chi connectivity index (χ1n) is 7.21. The number of ether oxygens (including phenoxy) is 2. The molecule has 0 aliphatic heterocycles. The Hall–Kier alpha value is -1.77. The van der Waals surface area contributed by atoms with Crippen LogP contribution >= 0.6 is 15.9 Å². The lowest BCUT2D eigenvalue weighted by atomic mass is 10.2. The minimum absolute atomic E-state index is 0.0805. The van der Waals surface area contributed by atoms with Crippen molar-refractivity contribution in [2.75, 3.05) is 19.0 Å². The molecule has 2 aromatic carbocycles. The number of hydrogen-bond donors (Lipinski definition) is 2. The van der Waals surface area contributed by atoms with E-state index in [0.29, 0.717) is 24.7 Å². The van der Waals surface area contributed by atoms with Gasteiger partial charge in [0.15, 0.2) is 11.5 Å². The number of halogens is 1. The van der Waals surface area contributed by atoms with Crippen molar-refractivity contribution < 1.29 is 17.9 Å². The van der Waals surface area contributed by atoms with Crippen LogP contribution in [0.5, 0.6) is 11.5 Å². The third-order valence-electron chi connectivity index (χ3n) is 3.30. The third-order valence-corrected chi connectivity index (χ3v) is 4.97. The van der Waals surface area contributed by atoms with Gasteiger partial charge in [0.05, 0.1) is 18.6 Å². The van der Waals surface area contributed by atoms with E-state index in [1.165, 1.54) is 12.1 Å². The molecule has 0 saturated heterocycles. The summed E-state index contributed by atoms with van der Waals surface area (Å²) in [4.78, 5) is 0.0805. The molecular formula is C16H19BrN2O4S. The van der Waals surface area contributed by atoms with Crippen molar-refractivity contribution in [2.45, 2.75) is 18.4 Å². The molecule has 0 fully saturated rings. The van der Waals surface area contributed by atoms with E-state index in [9.17, 15) is 8.42 Å². The minimum atomic E-state index is -3.68. The van der Waals surface area contributed by atoms with E-state index in [-0.39, 0.29) is 4.90 Å². The van der Waals surface area contributed by atoms with Gasteiger partial charge < -0.3 is 14.8 Å². The maximum atomic E-state index is 11.2. The SMILES string of the molecule is CCOc1cc(Br)c(CNc2ccc(S(N)(=O)=O)cc2)cc1OC. The minimum Gasteiger partial charge on any atom is -0.493 e. The largest absolute Gasteiger partial charge is 0.493 e. The van der Waals surface area contributed by atoms with Crippen LogP contribution in [0.25, 0.3) is 0 Å². The van der Waals surface area contributed by atoms with Crippen molar-refractivity contribution in [1.29, 1.82) is 0 Å². The Morgan fingerprint density at radius 3 is 2.38 bits per heavy atom. The second-order valence-electron chi connectivity index (χ2n) is 4.95. The standard InChI is InChI=1S/C16H19BrN2O4S/c1-3-23-16-9-14(17)11(8-15(16)22-2)10-19-12-4-6-13(7-5-12)24(18,20)21/h4-9,19H,3,10H2,1-2H3,(H2,18,20,21). The van der Waals surface area contributed by atoms with Gasteiger partial charge in [0.25, 0.3) is 0 Å². The van der Waals surface area contributed by atoms with Crippen molar-refractivity contribution in [3.8, 4) is 11.5 Å². The number of anilines is 1. The zero-order chi connectivity index (χ0) is 17.7. The molecule has 0 amide bonds. The normalized spacial score (nSPS) is 11.2. The molecule has 130 valence electrons. The summed E-state index contributed by atoms with van der Waals surface area (Å²) < 4.78 is 34.3. The van der Waals surface area contributed by atoms with Crippen LogP contribution in [0.15, 0.2) is 45.8 Å². The van der Waals surface area contributed by atoms with Gasteiger partial charge in [0.1, 0.15) is 0 Å². The molecule has 6 nitrogen and oxygen atoms in total. The molecule has 0 aliphatic rings. The van der Waals surface area contributed by atoms with Gasteiger partial charge in [-0.05, 0) is 48.9 Å². The fourth-order valence-corrected chi connectivity index (χ4v) is 3.08. The fourth-order valence-electron chi connectivity index (χ4n) is 2.10. The van der Waals surface area contributed by atoms with E-state index in [2.05, 4.69) is 21.2 Å². The Balaban J connectivity index is 2.14. The molecule has 0 atom stereocenters. The highest BCUT2D eigenvalue weighted by Crippen LogP contribution is 2.34. The van der Waals surface area contributed by atoms with Crippen LogP contribution in [0.1, 0.15) is 12.5 Å². The molecule has 0 aromatic heterocycles. The average Bonchev–Trinajstić information content (AvgIpc) is 2.54. The monoisotopic (exact) mass is 414 g/mol. The molecule has 24 heavy (non-hydrogen) atoms. The number of hydrogen-bond acceptors (Lipinski definition) is 5. The van der Waals surface area contributed by atoms with Crippen LogP contribution in [0.3, 0.4) is 0 Å². The molecule has 2 rings (SSSR count). The number of nitrogens with two attached hydrogens (primary N) is 1. The summed E-state index contributed by atoms with van der Waals surface area (Å²) >= 11 is 3.52. The van der Waals surface area contributed by atoms with Gasteiger partial charge in [-0.2, -0.15) is 0 Å². The average molecular weight is 415 g/mol.